The maximum atomic E-state index is 6.01. The van der Waals surface area contributed by atoms with Crippen molar-refractivity contribution in [3.63, 3.8) is 0 Å². The molecule has 1 heterocycles. The topological polar surface area (TPSA) is 61.3 Å². The van der Waals surface area contributed by atoms with E-state index in [2.05, 4.69) is 4.98 Å². The standard InChI is InChI=1S/C11H11ClN2O2/c1-15-10-3-2-7(5-9(10)12)4-8-6-16-11(13)14-8/h2-3,5-6H,4H2,1H3,(H2,13,14). The summed E-state index contributed by atoms with van der Waals surface area (Å²) in [5, 5.41) is 0.580. The van der Waals surface area contributed by atoms with Gasteiger partial charge < -0.3 is 14.9 Å². The molecule has 0 atom stereocenters. The molecule has 2 aromatic rings. The number of aromatic nitrogens is 1. The van der Waals surface area contributed by atoms with Crippen molar-refractivity contribution in [2.75, 3.05) is 12.8 Å². The Morgan fingerprint density at radius 3 is 2.88 bits per heavy atom. The van der Waals surface area contributed by atoms with Crippen LogP contribution in [0, 0.1) is 0 Å². The molecule has 0 aliphatic rings. The average molecular weight is 239 g/mol. The Morgan fingerprint density at radius 1 is 1.50 bits per heavy atom. The van der Waals surface area contributed by atoms with E-state index < -0.39 is 0 Å². The first-order chi connectivity index (χ1) is 7.69. The molecule has 0 amide bonds. The smallest absolute Gasteiger partial charge is 0.292 e. The van der Waals surface area contributed by atoms with Gasteiger partial charge in [0.1, 0.15) is 12.0 Å². The first-order valence-corrected chi connectivity index (χ1v) is 5.09. The molecule has 0 aliphatic heterocycles. The normalized spacial score (nSPS) is 10.4. The fraction of sp³-hybridized carbons (Fsp3) is 0.182. The summed E-state index contributed by atoms with van der Waals surface area (Å²) < 4.78 is 9.99. The summed E-state index contributed by atoms with van der Waals surface area (Å²) in [5.41, 5.74) is 7.19. The number of halogens is 1. The lowest BCUT2D eigenvalue weighted by Gasteiger charge is -2.04. The summed E-state index contributed by atoms with van der Waals surface area (Å²) in [5.74, 6) is 0.657. The van der Waals surface area contributed by atoms with Crippen LogP contribution in [-0.2, 0) is 6.42 Å². The lowest BCUT2D eigenvalue weighted by Crippen LogP contribution is -1.91. The van der Waals surface area contributed by atoms with Crippen molar-refractivity contribution >= 4 is 17.6 Å². The summed E-state index contributed by atoms with van der Waals surface area (Å²) in [7, 11) is 1.58. The third kappa shape index (κ3) is 2.28. The molecule has 0 spiro atoms. The molecule has 0 bridgehead atoms. The van der Waals surface area contributed by atoms with Crippen LogP contribution in [0.25, 0.3) is 0 Å². The minimum atomic E-state index is 0.176. The number of methoxy groups -OCH3 is 1. The summed E-state index contributed by atoms with van der Waals surface area (Å²) in [6, 6.07) is 5.76. The number of benzene rings is 1. The zero-order chi connectivity index (χ0) is 11.5. The Balaban J connectivity index is 2.19. The van der Waals surface area contributed by atoms with E-state index in [0.29, 0.717) is 17.2 Å². The van der Waals surface area contributed by atoms with E-state index in [1.807, 2.05) is 18.2 Å². The van der Waals surface area contributed by atoms with E-state index in [1.165, 1.54) is 6.26 Å². The maximum absolute atomic E-state index is 6.01. The lowest BCUT2D eigenvalue weighted by molar-refractivity contribution is 0.415. The average Bonchev–Trinajstić information content (AvgIpc) is 2.64. The summed E-state index contributed by atoms with van der Waals surface area (Å²) in [6.45, 7) is 0. The van der Waals surface area contributed by atoms with Crippen LogP contribution in [0.3, 0.4) is 0 Å². The van der Waals surface area contributed by atoms with Gasteiger partial charge in [-0.25, -0.2) is 0 Å². The van der Waals surface area contributed by atoms with Crippen LogP contribution >= 0.6 is 11.6 Å². The van der Waals surface area contributed by atoms with Gasteiger partial charge in [-0.2, -0.15) is 4.98 Å². The van der Waals surface area contributed by atoms with Crippen LogP contribution in [0.15, 0.2) is 28.9 Å². The Labute approximate surface area is 98.0 Å². The van der Waals surface area contributed by atoms with Crippen molar-refractivity contribution in [3.8, 4) is 5.75 Å². The molecule has 4 nitrogen and oxygen atoms in total. The molecule has 2 N–H and O–H groups in total. The zero-order valence-electron chi connectivity index (χ0n) is 8.74. The van der Waals surface area contributed by atoms with Crippen molar-refractivity contribution in [1.82, 2.24) is 4.98 Å². The third-order valence-electron chi connectivity index (χ3n) is 2.17. The lowest BCUT2D eigenvalue weighted by atomic mass is 10.1. The van der Waals surface area contributed by atoms with Crippen LogP contribution in [-0.4, -0.2) is 12.1 Å². The summed E-state index contributed by atoms with van der Waals surface area (Å²) >= 11 is 6.01. The molecular formula is C11H11ClN2O2. The van der Waals surface area contributed by atoms with Crippen molar-refractivity contribution in [2.45, 2.75) is 6.42 Å². The molecule has 0 saturated carbocycles. The highest BCUT2D eigenvalue weighted by molar-refractivity contribution is 6.32. The second-order valence-electron chi connectivity index (χ2n) is 3.32. The van der Waals surface area contributed by atoms with Crippen molar-refractivity contribution in [3.05, 3.63) is 40.7 Å². The molecule has 0 radical (unpaired) electrons. The minimum absolute atomic E-state index is 0.176. The molecule has 0 aliphatic carbocycles. The van der Waals surface area contributed by atoms with Crippen molar-refractivity contribution in [2.24, 2.45) is 0 Å². The van der Waals surface area contributed by atoms with Gasteiger partial charge in [0, 0.05) is 6.42 Å². The van der Waals surface area contributed by atoms with Crippen molar-refractivity contribution < 1.29 is 9.15 Å². The van der Waals surface area contributed by atoms with Gasteiger partial charge in [0.05, 0.1) is 17.8 Å². The number of oxazole rings is 1. The molecule has 84 valence electrons. The molecule has 0 saturated heterocycles. The Kier molecular flexibility index (Phi) is 3.01. The number of rotatable bonds is 3. The van der Waals surface area contributed by atoms with Gasteiger partial charge in [-0.1, -0.05) is 17.7 Å². The van der Waals surface area contributed by atoms with E-state index in [4.69, 9.17) is 26.5 Å². The Bertz CT molecular complexity index is 496. The molecule has 1 aromatic heterocycles. The van der Waals surface area contributed by atoms with Crippen LogP contribution in [0.4, 0.5) is 6.01 Å². The zero-order valence-corrected chi connectivity index (χ0v) is 9.49. The minimum Gasteiger partial charge on any atom is -0.495 e. The predicted molar refractivity (Wildman–Crippen MR) is 61.7 cm³/mol. The van der Waals surface area contributed by atoms with E-state index in [-0.39, 0.29) is 6.01 Å². The molecule has 2 rings (SSSR count). The first kappa shape index (κ1) is 10.8. The molecular weight excluding hydrogens is 228 g/mol. The SMILES string of the molecule is COc1ccc(Cc2coc(N)n2)cc1Cl. The van der Waals surface area contributed by atoms with Gasteiger partial charge in [-0.15, -0.1) is 0 Å². The van der Waals surface area contributed by atoms with Gasteiger partial charge in [0.15, 0.2) is 0 Å². The van der Waals surface area contributed by atoms with Crippen LogP contribution in [0.2, 0.25) is 5.02 Å². The molecule has 0 fully saturated rings. The maximum Gasteiger partial charge on any atom is 0.292 e. The number of hydrogen-bond acceptors (Lipinski definition) is 4. The number of hydrogen-bond donors (Lipinski definition) is 1. The van der Waals surface area contributed by atoms with E-state index in [9.17, 15) is 0 Å². The molecule has 16 heavy (non-hydrogen) atoms. The fourth-order valence-corrected chi connectivity index (χ4v) is 1.71. The summed E-state index contributed by atoms with van der Waals surface area (Å²) in [6.07, 6.45) is 2.16. The molecule has 0 unspecified atom stereocenters. The number of nitrogens with zero attached hydrogens (tertiary/aromatic N) is 1. The highest BCUT2D eigenvalue weighted by Crippen LogP contribution is 2.25. The highest BCUT2D eigenvalue weighted by Gasteiger charge is 2.05. The second-order valence-corrected chi connectivity index (χ2v) is 3.73. The summed E-state index contributed by atoms with van der Waals surface area (Å²) in [4.78, 5) is 4.01. The van der Waals surface area contributed by atoms with E-state index >= 15 is 0 Å². The predicted octanol–water partition coefficient (Wildman–Crippen LogP) is 2.51. The highest BCUT2D eigenvalue weighted by atomic mass is 35.5. The largest absolute Gasteiger partial charge is 0.495 e. The number of anilines is 1. The van der Waals surface area contributed by atoms with Gasteiger partial charge in [0.2, 0.25) is 0 Å². The van der Waals surface area contributed by atoms with Crippen LogP contribution in [0.1, 0.15) is 11.3 Å². The third-order valence-corrected chi connectivity index (χ3v) is 2.47. The quantitative estimate of drug-likeness (QED) is 0.893. The number of nitrogen functional groups attached to an aromatic ring is 1. The van der Waals surface area contributed by atoms with Gasteiger partial charge in [0.25, 0.3) is 6.01 Å². The van der Waals surface area contributed by atoms with Crippen LogP contribution < -0.4 is 10.5 Å². The van der Waals surface area contributed by atoms with Crippen LogP contribution in [0.5, 0.6) is 5.75 Å². The van der Waals surface area contributed by atoms with Gasteiger partial charge in [-0.05, 0) is 17.7 Å². The molecule has 5 heteroatoms. The van der Waals surface area contributed by atoms with E-state index in [1.54, 1.807) is 7.11 Å². The second kappa shape index (κ2) is 4.45. The van der Waals surface area contributed by atoms with Gasteiger partial charge >= 0.3 is 0 Å². The van der Waals surface area contributed by atoms with Gasteiger partial charge in [-0.3, -0.25) is 0 Å². The van der Waals surface area contributed by atoms with E-state index in [0.717, 1.165) is 11.3 Å². The number of nitrogens with two attached hydrogens (primary N) is 1. The Hall–Kier alpha value is -1.68. The fourth-order valence-electron chi connectivity index (χ4n) is 1.43. The number of ether oxygens (including phenoxy) is 1. The van der Waals surface area contributed by atoms with Crippen molar-refractivity contribution in [1.29, 1.82) is 0 Å². The molecule has 1 aromatic carbocycles. The first-order valence-electron chi connectivity index (χ1n) is 4.71. The monoisotopic (exact) mass is 238 g/mol. The Morgan fingerprint density at radius 2 is 2.31 bits per heavy atom.